The van der Waals surface area contributed by atoms with Gasteiger partial charge < -0.3 is 15.2 Å². The molecule has 0 radical (unpaired) electrons. The number of hydrogen-bond donors (Lipinski definition) is 2. The first-order valence-corrected chi connectivity index (χ1v) is 15.7. The van der Waals surface area contributed by atoms with E-state index in [1.807, 2.05) is 18.2 Å². The summed E-state index contributed by atoms with van der Waals surface area (Å²) in [5.74, 6) is 1.50. The summed E-state index contributed by atoms with van der Waals surface area (Å²) in [5, 5.41) is 3.86. The van der Waals surface area contributed by atoms with E-state index in [4.69, 9.17) is 15.2 Å². The smallest absolute Gasteiger partial charge is 0.332 e. The van der Waals surface area contributed by atoms with Gasteiger partial charge in [0.05, 0.1) is 19.4 Å². The van der Waals surface area contributed by atoms with E-state index in [1.165, 1.54) is 116 Å². The first kappa shape index (κ1) is 33.8. The summed E-state index contributed by atoms with van der Waals surface area (Å²) in [6.45, 7) is 5.90. The fourth-order valence-electron chi connectivity index (χ4n) is 4.55. The molecule has 0 saturated heterocycles. The summed E-state index contributed by atoms with van der Waals surface area (Å²) in [4.78, 5) is 10.9. The zero-order valence-corrected chi connectivity index (χ0v) is 24.6. The van der Waals surface area contributed by atoms with Crippen molar-refractivity contribution in [1.82, 2.24) is 5.43 Å². The number of benzene rings is 1. The lowest BCUT2D eigenvalue weighted by molar-refractivity contribution is 0.249. The van der Waals surface area contributed by atoms with Gasteiger partial charge in [0.15, 0.2) is 11.5 Å². The number of hydrazone groups is 1. The highest BCUT2D eigenvalue weighted by Gasteiger charge is 2.07. The van der Waals surface area contributed by atoms with Gasteiger partial charge in [0.25, 0.3) is 0 Å². The molecule has 1 aromatic carbocycles. The Kier molecular flexibility index (Phi) is 22.3. The van der Waals surface area contributed by atoms with E-state index in [2.05, 4.69) is 24.4 Å². The average Bonchev–Trinajstić information content (AvgIpc) is 2.91. The first-order chi connectivity index (χ1) is 18.7. The summed E-state index contributed by atoms with van der Waals surface area (Å²) < 4.78 is 12.2. The molecule has 0 spiro atoms. The van der Waals surface area contributed by atoms with Gasteiger partial charge >= 0.3 is 6.03 Å². The van der Waals surface area contributed by atoms with Crippen molar-refractivity contribution >= 4 is 12.2 Å². The molecule has 0 aliphatic carbocycles. The number of rotatable bonds is 26. The van der Waals surface area contributed by atoms with Crippen LogP contribution in [0.2, 0.25) is 0 Å². The van der Waals surface area contributed by atoms with Crippen molar-refractivity contribution < 1.29 is 14.3 Å². The van der Waals surface area contributed by atoms with Crippen molar-refractivity contribution in [3.63, 3.8) is 0 Å². The minimum atomic E-state index is -0.685. The van der Waals surface area contributed by atoms with Crippen molar-refractivity contribution in [1.29, 1.82) is 0 Å². The van der Waals surface area contributed by atoms with Gasteiger partial charge in [0, 0.05) is 0 Å². The summed E-state index contributed by atoms with van der Waals surface area (Å²) in [5.41, 5.74) is 8.14. The van der Waals surface area contributed by atoms with Crippen LogP contribution in [0.5, 0.6) is 11.5 Å². The standard InChI is InChI=1S/C32H57N3O3/c1-3-5-7-9-11-13-15-17-19-21-25-37-30-24-23-29(28-34-35-32(33)36)27-31(30)38-26-22-20-18-16-14-12-10-8-6-4-2/h23-24,27-28H,3-22,25-26H2,1-2H3,(H3,33,35,36). The van der Waals surface area contributed by atoms with Crippen molar-refractivity contribution in [3.8, 4) is 11.5 Å². The molecule has 0 unspecified atom stereocenters. The molecular weight excluding hydrogens is 474 g/mol. The van der Waals surface area contributed by atoms with Crippen LogP contribution in [0.15, 0.2) is 23.3 Å². The van der Waals surface area contributed by atoms with Crippen LogP contribution < -0.4 is 20.6 Å². The highest BCUT2D eigenvalue weighted by molar-refractivity contribution is 5.82. The number of ether oxygens (including phenoxy) is 2. The van der Waals surface area contributed by atoms with Gasteiger partial charge in [-0.1, -0.05) is 129 Å². The SMILES string of the molecule is CCCCCCCCCCCCOc1ccc(C=NNC(N)=O)cc1OCCCCCCCCCCCC. The molecule has 0 heterocycles. The third-order valence-corrected chi connectivity index (χ3v) is 6.87. The molecule has 1 aromatic rings. The maximum atomic E-state index is 10.9. The minimum Gasteiger partial charge on any atom is -0.490 e. The molecule has 3 N–H and O–H groups in total. The third kappa shape index (κ3) is 19.8. The molecule has 0 aliphatic heterocycles. The fourth-order valence-corrected chi connectivity index (χ4v) is 4.55. The summed E-state index contributed by atoms with van der Waals surface area (Å²) in [6.07, 6.45) is 27.6. The van der Waals surface area contributed by atoms with Crippen LogP contribution in [0.3, 0.4) is 0 Å². The lowest BCUT2D eigenvalue weighted by Crippen LogP contribution is -2.24. The van der Waals surface area contributed by atoms with Crippen LogP contribution >= 0.6 is 0 Å². The number of nitrogens with zero attached hydrogens (tertiary/aromatic N) is 1. The normalized spacial score (nSPS) is 11.2. The molecule has 218 valence electrons. The Labute approximate surface area is 233 Å². The number of nitrogens with one attached hydrogen (secondary N) is 1. The highest BCUT2D eigenvalue weighted by Crippen LogP contribution is 2.29. The lowest BCUT2D eigenvalue weighted by Gasteiger charge is -2.14. The van der Waals surface area contributed by atoms with Crippen LogP contribution in [-0.4, -0.2) is 25.5 Å². The number of primary amides is 1. The monoisotopic (exact) mass is 531 g/mol. The minimum absolute atomic E-state index is 0.672. The summed E-state index contributed by atoms with van der Waals surface area (Å²) >= 11 is 0. The summed E-state index contributed by atoms with van der Waals surface area (Å²) in [6, 6.07) is 5.06. The van der Waals surface area contributed by atoms with Crippen molar-refractivity contribution in [2.45, 2.75) is 142 Å². The van der Waals surface area contributed by atoms with Crippen LogP contribution in [0.4, 0.5) is 4.79 Å². The number of urea groups is 1. The van der Waals surface area contributed by atoms with E-state index in [1.54, 1.807) is 6.21 Å². The maximum Gasteiger partial charge on any atom is 0.332 e. The zero-order chi connectivity index (χ0) is 27.5. The van der Waals surface area contributed by atoms with Gasteiger partial charge in [-0.2, -0.15) is 5.10 Å². The Morgan fingerprint density at radius 2 is 1.11 bits per heavy atom. The van der Waals surface area contributed by atoms with Crippen LogP contribution in [0, 0.1) is 0 Å². The van der Waals surface area contributed by atoms with E-state index < -0.39 is 6.03 Å². The Bertz CT molecular complexity index is 724. The largest absolute Gasteiger partial charge is 0.490 e. The van der Waals surface area contributed by atoms with Crippen LogP contribution in [0.25, 0.3) is 0 Å². The molecular formula is C32H57N3O3. The van der Waals surface area contributed by atoms with Crippen molar-refractivity contribution in [3.05, 3.63) is 23.8 Å². The molecule has 6 heteroatoms. The van der Waals surface area contributed by atoms with E-state index in [-0.39, 0.29) is 0 Å². The molecule has 38 heavy (non-hydrogen) atoms. The molecule has 6 nitrogen and oxygen atoms in total. The molecule has 0 bridgehead atoms. The van der Waals surface area contributed by atoms with E-state index >= 15 is 0 Å². The van der Waals surface area contributed by atoms with E-state index in [0.29, 0.717) is 13.2 Å². The number of hydrogen-bond acceptors (Lipinski definition) is 4. The molecule has 0 aromatic heterocycles. The van der Waals surface area contributed by atoms with Crippen LogP contribution in [-0.2, 0) is 0 Å². The average molecular weight is 532 g/mol. The second-order valence-corrected chi connectivity index (χ2v) is 10.5. The molecule has 0 fully saturated rings. The van der Waals surface area contributed by atoms with Crippen LogP contribution in [0.1, 0.15) is 148 Å². The predicted octanol–water partition coefficient (Wildman–Crippen LogP) is 9.29. The molecule has 2 amide bonds. The number of carbonyl (C=O) groups is 1. The summed E-state index contributed by atoms with van der Waals surface area (Å²) in [7, 11) is 0. The third-order valence-electron chi connectivity index (χ3n) is 6.87. The van der Waals surface area contributed by atoms with Gasteiger partial charge in [-0.05, 0) is 36.6 Å². The van der Waals surface area contributed by atoms with Gasteiger partial charge in [-0.3, -0.25) is 0 Å². The number of nitrogens with two attached hydrogens (primary N) is 1. The van der Waals surface area contributed by atoms with Gasteiger partial charge in [-0.15, -0.1) is 0 Å². The predicted molar refractivity (Wildman–Crippen MR) is 161 cm³/mol. The van der Waals surface area contributed by atoms with Gasteiger partial charge in [0.1, 0.15) is 0 Å². The van der Waals surface area contributed by atoms with Gasteiger partial charge in [0.2, 0.25) is 0 Å². The lowest BCUT2D eigenvalue weighted by atomic mass is 10.1. The maximum absolute atomic E-state index is 10.9. The first-order valence-electron chi connectivity index (χ1n) is 15.7. The zero-order valence-electron chi connectivity index (χ0n) is 24.6. The van der Waals surface area contributed by atoms with Crippen molar-refractivity contribution in [2.24, 2.45) is 10.8 Å². The van der Waals surface area contributed by atoms with E-state index in [0.717, 1.165) is 29.9 Å². The second-order valence-electron chi connectivity index (χ2n) is 10.5. The Hall–Kier alpha value is -2.24. The molecule has 1 rings (SSSR count). The number of amides is 2. The van der Waals surface area contributed by atoms with Crippen molar-refractivity contribution in [2.75, 3.05) is 13.2 Å². The number of carbonyl (C=O) groups excluding carboxylic acids is 1. The number of unbranched alkanes of at least 4 members (excludes halogenated alkanes) is 18. The van der Waals surface area contributed by atoms with E-state index in [9.17, 15) is 4.79 Å². The quantitative estimate of drug-likeness (QED) is 0.0709. The molecule has 0 aliphatic rings. The molecule has 0 atom stereocenters. The molecule has 0 saturated carbocycles. The van der Waals surface area contributed by atoms with Gasteiger partial charge in [-0.25, -0.2) is 10.2 Å². The second kappa shape index (κ2) is 25.1. The Morgan fingerprint density at radius 3 is 1.55 bits per heavy atom. The Balaban J connectivity index is 2.35. The Morgan fingerprint density at radius 1 is 0.684 bits per heavy atom. The highest BCUT2D eigenvalue weighted by atomic mass is 16.5. The fraction of sp³-hybridized carbons (Fsp3) is 0.750. The topological polar surface area (TPSA) is 85.9 Å².